The van der Waals surface area contributed by atoms with Crippen LogP contribution in [0.5, 0.6) is 0 Å². The van der Waals surface area contributed by atoms with Gasteiger partial charge in [-0.1, -0.05) is 32.4 Å². The van der Waals surface area contributed by atoms with Crippen LogP contribution in [-0.4, -0.2) is 34.7 Å². The summed E-state index contributed by atoms with van der Waals surface area (Å²) in [5.41, 5.74) is 0.855. The van der Waals surface area contributed by atoms with Crippen molar-refractivity contribution in [1.82, 2.24) is 4.90 Å². The SMILES string of the molecule is CCCCN(Cc1ccc(F)c(B(O)O)c1)C(C)CC. The minimum atomic E-state index is -1.76. The lowest BCUT2D eigenvalue weighted by atomic mass is 9.79. The van der Waals surface area contributed by atoms with E-state index in [4.69, 9.17) is 10.0 Å². The summed E-state index contributed by atoms with van der Waals surface area (Å²) in [6.07, 6.45) is 3.32. The molecule has 0 amide bonds. The first kappa shape index (κ1) is 17.1. The summed E-state index contributed by atoms with van der Waals surface area (Å²) in [6.45, 7) is 8.19. The monoisotopic (exact) mass is 281 g/mol. The molecule has 1 rings (SSSR count). The topological polar surface area (TPSA) is 43.7 Å². The molecule has 3 nitrogen and oxygen atoms in total. The van der Waals surface area contributed by atoms with Gasteiger partial charge in [0.2, 0.25) is 0 Å². The maximum atomic E-state index is 13.5. The Hall–Kier alpha value is -0.905. The Balaban J connectivity index is 2.84. The van der Waals surface area contributed by atoms with E-state index in [1.165, 1.54) is 6.07 Å². The molecule has 1 unspecified atom stereocenters. The van der Waals surface area contributed by atoms with Crippen molar-refractivity contribution in [3.8, 4) is 0 Å². The summed E-state index contributed by atoms with van der Waals surface area (Å²) in [5.74, 6) is -0.576. The number of benzene rings is 1. The predicted octanol–water partition coefficient (Wildman–Crippen LogP) is 1.91. The van der Waals surface area contributed by atoms with Gasteiger partial charge >= 0.3 is 7.12 Å². The maximum Gasteiger partial charge on any atom is 0.491 e. The van der Waals surface area contributed by atoms with Crippen LogP contribution < -0.4 is 5.46 Å². The number of halogens is 1. The molecular weight excluding hydrogens is 256 g/mol. The highest BCUT2D eigenvalue weighted by atomic mass is 19.1. The van der Waals surface area contributed by atoms with E-state index in [2.05, 4.69) is 25.7 Å². The second kappa shape index (κ2) is 8.40. The summed E-state index contributed by atoms with van der Waals surface area (Å²) in [7, 11) is -1.76. The van der Waals surface area contributed by atoms with Gasteiger partial charge in [-0.25, -0.2) is 4.39 Å². The molecule has 0 aliphatic heterocycles. The molecule has 20 heavy (non-hydrogen) atoms. The molecule has 0 radical (unpaired) electrons. The molecule has 2 N–H and O–H groups in total. The Morgan fingerprint density at radius 3 is 2.55 bits per heavy atom. The molecule has 0 spiro atoms. The fourth-order valence-corrected chi connectivity index (χ4v) is 2.20. The average molecular weight is 281 g/mol. The van der Waals surface area contributed by atoms with Gasteiger partial charge in [-0.3, -0.25) is 4.90 Å². The van der Waals surface area contributed by atoms with Crippen LogP contribution >= 0.6 is 0 Å². The molecule has 0 aliphatic rings. The Bertz CT molecular complexity index is 415. The van der Waals surface area contributed by atoms with Crippen molar-refractivity contribution in [3.05, 3.63) is 29.6 Å². The van der Waals surface area contributed by atoms with Gasteiger partial charge in [0.25, 0.3) is 0 Å². The second-order valence-electron chi connectivity index (χ2n) is 5.31. The second-order valence-corrected chi connectivity index (χ2v) is 5.31. The normalized spacial score (nSPS) is 12.8. The fourth-order valence-electron chi connectivity index (χ4n) is 2.20. The van der Waals surface area contributed by atoms with Crippen molar-refractivity contribution in [2.75, 3.05) is 6.54 Å². The van der Waals surface area contributed by atoms with E-state index in [9.17, 15) is 4.39 Å². The number of hydrogen-bond acceptors (Lipinski definition) is 3. The van der Waals surface area contributed by atoms with Gasteiger partial charge < -0.3 is 10.0 Å². The molecule has 5 heteroatoms. The number of rotatable bonds is 8. The van der Waals surface area contributed by atoms with Crippen LogP contribution in [0.2, 0.25) is 0 Å². The van der Waals surface area contributed by atoms with Crippen LogP contribution in [0, 0.1) is 5.82 Å². The van der Waals surface area contributed by atoms with Gasteiger partial charge in [0.1, 0.15) is 5.82 Å². The number of hydrogen-bond donors (Lipinski definition) is 2. The summed E-state index contributed by atoms with van der Waals surface area (Å²) in [6, 6.07) is 5.01. The Labute approximate surface area is 121 Å². The van der Waals surface area contributed by atoms with Crippen LogP contribution in [0.3, 0.4) is 0 Å². The molecule has 112 valence electrons. The predicted molar refractivity (Wildman–Crippen MR) is 81.3 cm³/mol. The maximum absolute atomic E-state index is 13.5. The van der Waals surface area contributed by atoms with E-state index < -0.39 is 12.9 Å². The van der Waals surface area contributed by atoms with Gasteiger partial charge in [0.15, 0.2) is 0 Å². The van der Waals surface area contributed by atoms with E-state index in [1.54, 1.807) is 12.1 Å². The summed E-state index contributed by atoms with van der Waals surface area (Å²) >= 11 is 0. The highest BCUT2D eigenvalue weighted by Gasteiger charge is 2.18. The van der Waals surface area contributed by atoms with E-state index in [-0.39, 0.29) is 5.46 Å². The molecule has 1 atom stereocenters. The van der Waals surface area contributed by atoms with Crippen molar-refractivity contribution in [1.29, 1.82) is 0 Å². The third kappa shape index (κ3) is 4.89. The zero-order valence-electron chi connectivity index (χ0n) is 12.6. The smallest absolute Gasteiger partial charge is 0.423 e. The van der Waals surface area contributed by atoms with E-state index in [1.807, 2.05) is 0 Å². The molecule has 1 aromatic carbocycles. The molecule has 0 saturated carbocycles. The molecule has 0 bridgehead atoms. The molecule has 0 fully saturated rings. The van der Waals surface area contributed by atoms with Crippen molar-refractivity contribution < 1.29 is 14.4 Å². The summed E-state index contributed by atoms with van der Waals surface area (Å²) in [4.78, 5) is 2.35. The van der Waals surface area contributed by atoms with Crippen LogP contribution in [-0.2, 0) is 6.54 Å². The third-order valence-electron chi connectivity index (χ3n) is 3.74. The minimum Gasteiger partial charge on any atom is -0.423 e. The van der Waals surface area contributed by atoms with Crippen molar-refractivity contribution in [3.63, 3.8) is 0 Å². The lowest BCUT2D eigenvalue weighted by molar-refractivity contribution is 0.192. The lowest BCUT2D eigenvalue weighted by Gasteiger charge is -2.28. The van der Waals surface area contributed by atoms with Gasteiger partial charge in [0, 0.05) is 18.0 Å². The van der Waals surface area contributed by atoms with E-state index >= 15 is 0 Å². The molecule has 0 heterocycles. The highest BCUT2D eigenvalue weighted by Crippen LogP contribution is 2.12. The van der Waals surface area contributed by atoms with Crippen LogP contribution in [0.25, 0.3) is 0 Å². The number of nitrogens with zero attached hydrogens (tertiary/aromatic N) is 1. The van der Waals surface area contributed by atoms with Gasteiger partial charge in [0.05, 0.1) is 0 Å². The van der Waals surface area contributed by atoms with Gasteiger partial charge in [-0.2, -0.15) is 0 Å². The lowest BCUT2D eigenvalue weighted by Crippen LogP contribution is -2.35. The standard InChI is InChI=1S/C15H25BFNO2/c1-4-6-9-18(12(3)5-2)11-13-7-8-15(17)14(10-13)16(19)20/h7-8,10,12,19-20H,4-6,9,11H2,1-3H3. The van der Waals surface area contributed by atoms with Crippen molar-refractivity contribution >= 4 is 12.6 Å². The fraction of sp³-hybridized carbons (Fsp3) is 0.600. The highest BCUT2D eigenvalue weighted by molar-refractivity contribution is 6.58. The zero-order chi connectivity index (χ0) is 15.1. The van der Waals surface area contributed by atoms with Gasteiger partial charge in [-0.05, 0) is 37.9 Å². The number of unbranched alkanes of at least 4 members (excludes halogenated alkanes) is 1. The molecule has 0 saturated heterocycles. The molecular formula is C15H25BFNO2. The van der Waals surface area contributed by atoms with Crippen molar-refractivity contribution in [2.24, 2.45) is 0 Å². The summed E-state index contributed by atoms with van der Waals surface area (Å²) < 4.78 is 13.5. The van der Waals surface area contributed by atoms with Crippen LogP contribution in [0.15, 0.2) is 18.2 Å². The first-order chi connectivity index (χ1) is 9.49. The largest absolute Gasteiger partial charge is 0.491 e. The third-order valence-corrected chi connectivity index (χ3v) is 3.74. The molecule has 1 aromatic rings. The first-order valence-corrected chi connectivity index (χ1v) is 7.38. The molecule has 0 aliphatic carbocycles. The Kier molecular flexibility index (Phi) is 7.20. The quantitative estimate of drug-likeness (QED) is 0.715. The minimum absolute atomic E-state index is 0.0536. The average Bonchev–Trinajstić information content (AvgIpc) is 2.43. The van der Waals surface area contributed by atoms with Gasteiger partial charge in [-0.15, -0.1) is 0 Å². The van der Waals surface area contributed by atoms with Crippen LogP contribution in [0.4, 0.5) is 4.39 Å². The van der Waals surface area contributed by atoms with E-state index in [0.717, 1.165) is 31.4 Å². The zero-order valence-corrected chi connectivity index (χ0v) is 12.6. The first-order valence-electron chi connectivity index (χ1n) is 7.38. The van der Waals surface area contributed by atoms with E-state index in [0.29, 0.717) is 12.6 Å². The van der Waals surface area contributed by atoms with Crippen molar-refractivity contribution in [2.45, 2.75) is 52.6 Å². The van der Waals surface area contributed by atoms with Crippen LogP contribution in [0.1, 0.15) is 45.6 Å². The molecule has 0 aromatic heterocycles. The Morgan fingerprint density at radius 2 is 2.00 bits per heavy atom. The Morgan fingerprint density at radius 1 is 1.30 bits per heavy atom. The summed E-state index contributed by atoms with van der Waals surface area (Å²) in [5, 5.41) is 18.3.